The molecule has 9 aromatic rings. The van der Waals surface area contributed by atoms with E-state index in [0.29, 0.717) is 0 Å². The van der Waals surface area contributed by atoms with Crippen LogP contribution in [-0.4, -0.2) is 0 Å². The van der Waals surface area contributed by atoms with Gasteiger partial charge in [0.1, 0.15) is 22.3 Å². The molecule has 0 fully saturated rings. The number of rotatable bonds is 2. The number of hydrogen-bond donors (Lipinski definition) is 0. The quantitative estimate of drug-likeness (QED) is 0.188. The third-order valence-electron chi connectivity index (χ3n) is 8.32. The van der Waals surface area contributed by atoms with Crippen LogP contribution in [-0.2, 0) is 0 Å². The Hall–Kier alpha value is -4.86. The molecule has 0 saturated carbocycles. The van der Waals surface area contributed by atoms with E-state index >= 15 is 0 Å². The SMILES string of the molecule is Brc1c2ccccc2c(-c2cccc(-c3ccc4oc5ccc6oc7ccccc7c6c5c4c3)c2)c2ccccc12. The standard InChI is InChI=1S/C38H21BrO2/c39-38-27-12-3-1-10-25(27)35(26-11-2-4-13-28(26)38)24-9-7-8-22(20-24)23-16-17-32-30(21-23)37-34(41-32)19-18-33-36(37)29-14-5-6-15-31(29)40-33/h1-21H. The predicted molar refractivity (Wildman–Crippen MR) is 175 cm³/mol. The van der Waals surface area contributed by atoms with E-state index in [-0.39, 0.29) is 0 Å². The van der Waals surface area contributed by atoms with E-state index in [1.807, 2.05) is 24.3 Å². The lowest BCUT2D eigenvalue weighted by Gasteiger charge is -2.15. The molecule has 0 radical (unpaired) electrons. The zero-order chi connectivity index (χ0) is 27.1. The summed E-state index contributed by atoms with van der Waals surface area (Å²) in [5.41, 5.74) is 8.28. The molecule has 7 aromatic carbocycles. The van der Waals surface area contributed by atoms with Crippen LogP contribution in [0.4, 0.5) is 0 Å². The second kappa shape index (κ2) is 8.57. The Morgan fingerprint density at radius 3 is 1.59 bits per heavy atom. The second-order valence-electron chi connectivity index (χ2n) is 10.6. The van der Waals surface area contributed by atoms with Crippen LogP contribution in [0.25, 0.3) is 87.7 Å². The van der Waals surface area contributed by atoms with Crippen LogP contribution in [0.15, 0.2) is 141 Å². The molecule has 0 atom stereocenters. The fraction of sp³-hybridized carbons (Fsp3) is 0. The molecule has 2 nitrogen and oxygen atoms in total. The molecular weight excluding hydrogens is 568 g/mol. The molecule has 9 rings (SSSR count). The second-order valence-corrected chi connectivity index (χ2v) is 11.4. The minimum absolute atomic E-state index is 0.873. The maximum absolute atomic E-state index is 6.32. The third kappa shape index (κ3) is 3.30. The van der Waals surface area contributed by atoms with Gasteiger partial charge in [-0.1, -0.05) is 91.0 Å². The first kappa shape index (κ1) is 22.9. The number of para-hydroxylation sites is 1. The van der Waals surface area contributed by atoms with Crippen LogP contribution in [0.5, 0.6) is 0 Å². The molecule has 0 bridgehead atoms. The van der Waals surface area contributed by atoms with Gasteiger partial charge in [-0.3, -0.25) is 0 Å². The molecule has 0 amide bonds. The number of furan rings is 2. The molecule has 0 saturated heterocycles. The predicted octanol–water partition coefficient (Wildman–Crippen LogP) is 11.9. The topological polar surface area (TPSA) is 26.3 Å². The summed E-state index contributed by atoms with van der Waals surface area (Å²) >= 11 is 3.89. The molecule has 192 valence electrons. The summed E-state index contributed by atoms with van der Waals surface area (Å²) in [5.74, 6) is 0. The first-order valence-corrected chi connectivity index (χ1v) is 14.5. The number of hydrogen-bond acceptors (Lipinski definition) is 2. The Morgan fingerprint density at radius 2 is 0.878 bits per heavy atom. The highest BCUT2D eigenvalue weighted by Crippen LogP contribution is 2.44. The van der Waals surface area contributed by atoms with Gasteiger partial charge in [-0.2, -0.15) is 0 Å². The van der Waals surface area contributed by atoms with Gasteiger partial charge in [0.15, 0.2) is 0 Å². The van der Waals surface area contributed by atoms with Crippen LogP contribution in [0, 0.1) is 0 Å². The van der Waals surface area contributed by atoms with Crippen molar-refractivity contribution >= 4 is 81.4 Å². The van der Waals surface area contributed by atoms with E-state index in [4.69, 9.17) is 8.83 Å². The van der Waals surface area contributed by atoms with E-state index in [0.717, 1.165) is 53.9 Å². The molecule has 0 aliphatic carbocycles. The maximum atomic E-state index is 6.32. The van der Waals surface area contributed by atoms with Crippen LogP contribution >= 0.6 is 15.9 Å². The monoisotopic (exact) mass is 588 g/mol. The highest BCUT2D eigenvalue weighted by molar-refractivity contribution is 9.10. The lowest BCUT2D eigenvalue weighted by molar-refractivity contribution is 0.663. The van der Waals surface area contributed by atoms with Gasteiger partial charge in [-0.05, 0) is 96.1 Å². The number of halogens is 1. The zero-order valence-electron chi connectivity index (χ0n) is 21.8. The van der Waals surface area contributed by atoms with Crippen molar-refractivity contribution in [3.05, 3.63) is 132 Å². The van der Waals surface area contributed by atoms with E-state index < -0.39 is 0 Å². The summed E-state index contributed by atoms with van der Waals surface area (Å²) in [5, 5.41) is 9.32. The third-order valence-corrected chi connectivity index (χ3v) is 9.18. The lowest BCUT2D eigenvalue weighted by atomic mass is 9.90. The zero-order valence-corrected chi connectivity index (χ0v) is 23.4. The van der Waals surface area contributed by atoms with E-state index in [1.54, 1.807) is 0 Å². The average molecular weight is 589 g/mol. The van der Waals surface area contributed by atoms with Crippen LogP contribution in [0.3, 0.4) is 0 Å². The summed E-state index contributed by atoms with van der Waals surface area (Å²) in [6, 6.07) is 44.9. The number of benzene rings is 7. The highest BCUT2D eigenvalue weighted by Gasteiger charge is 2.18. The van der Waals surface area contributed by atoms with Crippen molar-refractivity contribution in [1.29, 1.82) is 0 Å². The summed E-state index contributed by atoms with van der Waals surface area (Å²) in [6.07, 6.45) is 0. The normalized spacial score (nSPS) is 12.0. The molecule has 2 aromatic heterocycles. The average Bonchev–Trinajstić information content (AvgIpc) is 3.59. The van der Waals surface area contributed by atoms with Gasteiger partial charge in [0.2, 0.25) is 0 Å². The van der Waals surface area contributed by atoms with Gasteiger partial charge in [0.25, 0.3) is 0 Å². The van der Waals surface area contributed by atoms with Crippen LogP contribution < -0.4 is 0 Å². The van der Waals surface area contributed by atoms with Gasteiger partial charge in [0.05, 0.1) is 0 Å². The van der Waals surface area contributed by atoms with Gasteiger partial charge in [-0.25, -0.2) is 0 Å². The van der Waals surface area contributed by atoms with Crippen molar-refractivity contribution in [3.8, 4) is 22.3 Å². The Kier molecular flexibility index (Phi) is 4.79. The Morgan fingerprint density at radius 1 is 0.366 bits per heavy atom. The minimum atomic E-state index is 0.873. The maximum Gasteiger partial charge on any atom is 0.136 e. The molecule has 41 heavy (non-hydrogen) atoms. The van der Waals surface area contributed by atoms with E-state index in [9.17, 15) is 0 Å². The first-order valence-electron chi connectivity index (χ1n) is 13.7. The van der Waals surface area contributed by atoms with Crippen molar-refractivity contribution in [1.82, 2.24) is 0 Å². The molecule has 2 heterocycles. The fourth-order valence-corrected chi connectivity index (χ4v) is 7.19. The smallest absolute Gasteiger partial charge is 0.136 e. The van der Waals surface area contributed by atoms with E-state index in [2.05, 4.69) is 119 Å². The molecule has 0 spiro atoms. The van der Waals surface area contributed by atoms with Crippen molar-refractivity contribution < 1.29 is 8.83 Å². The Labute approximate surface area is 243 Å². The first-order chi connectivity index (χ1) is 20.2. The lowest BCUT2D eigenvalue weighted by Crippen LogP contribution is -1.88. The van der Waals surface area contributed by atoms with Crippen LogP contribution in [0.2, 0.25) is 0 Å². The summed E-state index contributed by atoms with van der Waals surface area (Å²) in [6.45, 7) is 0. The summed E-state index contributed by atoms with van der Waals surface area (Å²) < 4.78 is 13.7. The van der Waals surface area contributed by atoms with Crippen LogP contribution in [0.1, 0.15) is 0 Å². The van der Waals surface area contributed by atoms with Gasteiger partial charge >= 0.3 is 0 Å². The Balaban J connectivity index is 1.30. The van der Waals surface area contributed by atoms with Gasteiger partial charge in [0, 0.05) is 26.0 Å². The highest BCUT2D eigenvalue weighted by atomic mass is 79.9. The van der Waals surface area contributed by atoms with Crippen molar-refractivity contribution in [3.63, 3.8) is 0 Å². The molecule has 0 aliphatic rings. The molecular formula is C38H21BrO2. The molecule has 0 unspecified atom stereocenters. The Bertz CT molecular complexity index is 2440. The summed E-state index contributed by atoms with van der Waals surface area (Å²) in [4.78, 5) is 0. The largest absolute Gasteiger partial charge is 0.456 e. The van der Waals surface area contributed by atoms with Crippen molar-refractivity contribution in [2.75, 3.05) is 0 Å². The van der Waals surface area contributed by atoms with Gasteiger partial charge < -0.3 is 8.83 Å². The van der Waals surface area contributed by atoms with Gasteiger partial charge in [-0.15, -0.1) is 0 Å². The van der Waals surface area contributed by atoms with E-state index in [1.165, 1.54) is 38.2 Å². The minimum Gasteiger partial charge on any atom is -0.456 e. The van der Waals surface area contributed by atoms with Crippen molar-refractivity contribution in [2.24, 2.45) is 0 Å². The summed E-state index contributed by atoms with van der Waals surface area (Å²) in [7, 11) is 0. The molecule has 0 aliphatic heterocycles. The number of fused-ring (bicyclic) bond motifs is 9. The van der Waals surface area contributed by atoms with Crippen molar-refractivity contribution in [2.45, 2.75) is 0 Å². The molecule has 3 heteroatoms. The fourth-order valence-electron chi connectivity index (χ4n) is 6.50. The molecule has 0 N–H and O–H groups in total.